The zero-order valence-corrected chi connectivity index (χ0v) is 10.1. The molecule has 1 aliphatic carbocycles. The van der Waals surface area contributed by atoms with Crippen molar-refractivity contribution in [1.29, 1.82) is 0 Å². The summed E-state index contributed by atoms with van der Waals surface area (Å²) >= 11 is 0. The lowest BCUT2D eigenvalue weighted by atomic mass is 9.79. The van der Waals surface area contributed by atoms with Gasteiger partial charge in [0.15, 0.2) is 0 Å². The Kier molecular flexibility index (Phi) is 3.43. The van der Waals surface area contributed by atoms with Gasteiger partial charge in [-0.1, -0.05) is 41.0 Å². The largest absolute Gasteiger partial charge is 0.0651 e. The Bertz CT molecular complexity index is 153. The average molecular weight is 182 g/mol. The maximum Gasteiger partial charge on any atom is -0.0297 e. The second-order valence-electron chi connectivity index (χ2n) is 5.72. The monoisotopic (exact) mass is 182 g/mol. The van der Waals surface area contributed by atoms with Gasteiger partial charge in [0.25, 0.3) is 0 Å². The fraction of sp³-hybridized carbons (Fsp3) is 1.00. The van der Waals surface area contributed by atoms with Crippen LogP contribution in [0.2, 0.25) is 0 Å². The summed E-state index contributed by atoms with van der Waals surface area (Å²) < 4.78 is 0. The summed E-state index contributed by atoms with van der Waals surface area (Å²) in [4.78, 5) is 0. The van der Waals surface area contributed by atoms with E-state index in [-0.39, 0.29) is 0 Å². The lowest BCUT2D eigenvalue weighted by molar-refractivity contribution is 0.233. The molecule has 0 nitrogen and oxygen atoms in total. The van der Waals surface area contributed by atoms with Gasteiger partial charge in [-0.3, -0.25) is 0 Å². The highest BCUT2D eigenvalue weighted by Crippen LogP contribution is 2.54. The summed E-state index contributed by atoms with van der Waals surface area (Å²) in [7, 11) is 0. The van der Waals surface area contributed by atoms with Crippen molar-refractivity contribution >= 4 is 0 Å². The van der Waals surface area contributed by atoms with Crippen molar-refractivity contribution in [3.05, 3.63) is 0 Å². The van der Waals surface area contributed by atoms with Gasteiger partial charge in [0.1, 0.15) is 0 Å². The molecule has 1 aliphatic rings. The molecule has 0 N–H and O–H groups in total. The Hall–Kier alpha value is 0. The van der Waals surface area contributed by atoms with Crippen LogP contribution in [0.4, 0.5) is 0 Å². The van der Waals surface area contributed by atoms with Gasteiger partial charge >= 0.3 is 0 Å². The molecule has 0 radical (unpaired) electrons. The molecule has 0 aromatic carbocycles. The van der Waals surface area contributed by atoms with Crippen LogP contribution in [0, 0.1) is 23.2 Å². The normalized spacial score (nSPS) is 24.5. The minimum atomic E-state index is 0.734. The van der Waals surface area contributed by atoms with Gasteiger partial charge < -0.3 is 0 Å². The van der Waals surface area contributed by atoms with E-state index in [1.165, 1.54) is 25.7 Å². The van der Waals surface area contributed by atoms with Gasteiger partial charge in [0, 0.05) is 0 Å². The van der Waals surface area contributed by atoms with Gasteiger partial charge in [-0.2, -0.15) is 0 Å². The molecule has 2 atom stereocenters. The zero-order valence-electron chi connectivity index (χ0n) is 10.1. The summed E-state index contributed by atoms with van der Waals surface area (Å²) in [5, 5.41) is 0. The average Bonchev–Trinajstić information content (AvgIpc) is 2.79. The van der Waals surface area contributed by atoms with Crippen molar-refractivity contribution in [2.75, 3.05) is 0 Å². The second kappa shape index (κ2) is 4.02. The fourth-order valence-corrected chi connectivity index (χ4v) is 2.27. The van der Waals surface area contributed by atoms with Crippen molar-refractivity contribution in [1.82, 2.24) is 0 Å². The predicted octanol–water partition coefficient (Wildman–Crippen LogP) is 4.49. The standard InChI is InChI=1S/C13H26/c1-6-12(13(5)7-8-13)9-11(4)10(2)3/h10-12H,6-9H2,1-5H3. The Balaban J connectivity index is 2.40. The lowest BCUT2D eigenvalue weighted by Gasteiger charge is -2.27. The molecular formula is C13H26. The molecule has 0 amide bonds. The predicted molar refractivity (Wildman–Crippen MR) is 59.7 cm³/mol. The highest BCUT2D eigenvalue weighted by Gasteiger charge is 2.43. The maximum atomic E-state index is 2.48. The van der Waals surface area contributed by atoms with E-state index < -0.39 is 0 Å². The molecule has 1 rings (SSSR count). The molecule has 0 saturated heterocycles. The summed E-state index contributed by atoms with van der Waals surface area (Å²) in [5.74, 6) is 2.75. The van der Waals surface area contributed by atoms with Crippen LogP contribution >= 0.6 is 0 Å². The summed E-state index contributed by atoms with van der Waals surface area (Å²) in [6, 6.07) is 0. The van der Waals surface area contributed by atoms with Crippen LogP contribution < -0.4 is 0 Å². The molecule has 0 spiro atoms. The number of hydrogen-bond acceptors (Lipinski definition) is 0. The molecular weight excluding hydrogens is 156 g/mol. The van der Waals surface area contributed by atoms with Gasteiger partial charge in [-0.15, -0.1) is 0 Å². The topological polar surface area (TPSA) is 0 Å². The van der Waals surface area contributed by atoms with E-state index in [1.807, 2.05) is 0 Å². The van der Waals surface area contributed by atoms with Gasteiger partial charge in [0.05, 0.1) is 0 Å². The summed E-state index contributed by atoms with van der Waals surface area (Å²) in [6.45, 7) is 12.0. The molecule has 1 fully saturated rings. The quantitative estimate of drug-likeness (QED) is 0.587. The van der Waals surface area contributed by atoms with Crippen LogP contribution in [0.25, 0.3) is 0 Å². The van der Waals surface area contributed by atoms with Crippen LogP contribution in [0.5, 0.6) is 0 Å². The Morgan fingerprint density at radius 2 is 1.69 bits per heavy atom. The third-order valence-corrected chi connectivity index (χ3v) is 4.31. The fourth-order valence-electron chi connectivity index (χ4n) is 2.27. The van der Waals surface area contributed by atoms with Crippen molar-refractivity contribution in [2.24, 2.45) is 23.2 Å². The first kappa shape index (κ1) is 11.1. The van der Waals surface area contributed by atoms with E-state index in [2.05, 4.69) is 34.6 Å². The SMILES string of the molecule is CCC(CC(C)C(C)C)C1(C)CC1. The van der Waals surface area contributed by atoms with Crippen molar-refractivity contribution in [3.8, 4) is 0 Å². The van der Waals surface area contributed by atoms with Crippen molar-refractivity contribution in [3.63, 3.8) is 0 Å². The third-order valence-electron chi connectivity index (χ3n) is 4.31. The first-order chi connectivity index (χ1) is 5.99. The molecule has 0 aromatic heterocycles. The van der Waals surface area contributed by atoms with E-state index in [1.54, 1.807) is 0 Å². The third kappa shape index (κ3) is 2.72. The van der Waals surface area contributed by atoms with Crippen molar-refractivity contribution in [2.45, 2.75) is 60.3 Å². The number of hydrogen-bond donors (Lipinski definition) is 0. The summed E-state index contributed by atoms with van der Waals surface area (Å²) in [5.41, 5.74) is 0.734. The molecule has 2 unspecified atom stereocenters. The van der Waals surface area contributed by atoms with E-state index in [9.17, 15) is 0 Å². The van der Waals surface area contributed by atoms with Crippen LogP contribution in [0.15, 0.2) is 0 Å². The maximum absolute atomic E-state index is 2.48. The van der Waals surface area contributed by atoms with Gasteiger partial charge in [-0.25, -0.2) is 0 Å². The van der Waals surface area contributed by atoms with Crippen molar-refractivity contribution < 1.29 is 0 Å². The van der Waals surface area contributed by atoms with Gasteiger partial charge in [-0.05, 0) is 42.4 Å². The minimum absolute atomic E-state index is 0.734. The molecule has 0 heterocycles. The zero-order chi connectivity index (χ0) is 10.1. The molecule has 0 bridgehead atoms. The molecule has 1 saturated carbocycles. The van der Waals surface area contributed by atoms with Crippen LogP contribution in [0.1, 0.15) is 60.3 Å². The highest BCUT2D eigenvalue weighted by atomic mass is 14.5. The van der Waals surface area contributed by atoms with Crippen LogP contribution in [-0.4, -0.2) is 0 Å². The first-order valence-electron chi connectivity index (χ1n) is 5.99. The van der Waals surface area contributed by atoms with E-state index in [0.717, 1.165) is 23.2 Å². The van der Waals surface area contributed by atoms with Crippen LogP contribution in [-0.2, 0) is 0 Å². The lowest BCUT2D eigenvalue weighted by Crippen LogP contribution is -2.17. The van der Waals surface area contributed by atoms with Crippen LogP contribution in [0.3, 0.4) is 0 Å². The first-order valence-corrected chi connectivity index (χ1v) is 5.99. The molecule has 78 valence electrons. The highest BCUT2D eigenvalue weighted by molar-refractivity contribution is 4.94. The Morgan fingerprint density at radius 1 is 1.15 bits per heavy atom. The Labute approximate surface area is 84.1 Å². The molecule has 0 aromatic rings. The Morgan fingerprint density at radius 3 is 2.00 bits per heavy atom. The smallest absolute Gasteiger partial charge is 0.0297 e. The second-order valence-corrected chi connectivity index (χ2v) is 5.72. The number of rotatable bonds is 5. The molecule has 13 heavy (non-hydrogen) atoms. The molecule has 0 heteroatoms. The molecule has 0 aliphatic heterocycles. The minimum Gasteiger partial charge on any atom is -0.0651 e. The van der Waals surface area contributed by atoms with E-state index >= 15 is 0 Å². The van der Waals surface area contributed by atoms with Gasteiger partial charge in [0.2, 0.25) is 0 Å². The van der Waals surface area contributed by atoms with E-state index in [0.29, 0.717) is 0 Å². The summed E-state index contributed by atoms with van der Waals surface area (Å²) in [6.07, 6.45) is 5.80. The van der Waals surface area contributed by atoms with E-state index in [4.69, 9.17) is 0 Å².